The standard InChI is InChI=1S/C20H31NO3/c1-8-9-16-10-15(4)11-17(12-16)19(23)21(14(2)3)13-18(22)24-20(5,6)7/h10-12,14H,8-9,13H2,1-7H3. The maximum atomic E-state index is 12.9. The number of esters is 1. The molecule has 0 radical (unpaired) electrons. The highest BCUT2D eigenvalue weighted by Gasteiger charge is 2.25. The summed E-state index contributed by atoms with van der Waals surface area (Å²) in [6.45, 7) is 13.4. The fourth-order valence-corrected chi connectivity index (χ4v) is 2.59. The molecule has 0 bridgehead atoms. The Morgan fingerprint density at radius 3 is 2.29 bits per heavy atom. The molecule has 0 unspecified atom stereocenters. The van der Waals surface area contributed by atoms with Crippen LogP contribution in [0.3, 0.4) is 0 Å². The van der Waals surface area contributed by atoms with E-state index in [0.29, 0.717) is 5.56 Å². The van der Waals surface area contributed by atoms with Crippen molar-refractivity contribution in [1.29, 1.82) is 0 Å². The number of nitrogens with zero attached hydrogens (tertiary/aromatic N) is 1. The number of hydrogen-bond acceptors (Lipinski definition) is 3. The van der Waals surface area contributed by atoms with E-state index >= 15 is 0 Å². The van der Waals surface area contributed by atoms with E-state index in [2.05, 4.69) is 13.0 Å². The number of rotatable bonds is 6. The number of hydrogen-bond donors (Lipinski definition) is 0. The first-order chi connectivity index (χ1) is 11.0. The summed E-state index contributed by atoms with van der Waals surface area (Å²) in [5, 5.41) is 0. The molecule has 4 heteroatoms. The smallest absolute Gasteiger partial charge is 0.326 e. The zero-order valence-corrected chi connectivity index (χ0v) is 16.1. The van der Waals surface area contributed by atoms with Crippen molar-refractivity contribution >= 4 is 11.9 Å². The minimum Gasteiger partial charge on any atom is -0.459 e. The van der Waals surface area contributed by atoms with Crippen LogP contribution in [0.25, 0.3) is 0 Å². The molecule has 1 amide bonds. The maximum Gasteiger partial charge on any atom is 0.326 e. The van der Waals surface area contributed by atoms with Gasteiger partial charge in [-0.1, -0.05) is 25.0 Å². The molecule has 0 fully saturated rings. The molecule has 1 aromatic carbocycles. The number of benzene rings is 1. The lowest BCUT2D eigenvalue weighted by Crippen LogP contribution is -2.42. The van der Waals surface area contributed by atoms with E-state index in [-0.39, 0.29) is 24.5 Å². The van der Waals surface area contributed by atoms with Crippen molar-refractivity contribution < 1.29 is 14.3 Å². The number of carbonyl (C=O) groups excluding carboxylic acids is 2. The van der Waals surface area contributed by atoms with Gasteiger partial charge in [0.25, 0.3) is 5.91 Å². The van der Waals surface area contributed by atoms with E-state index in [1.54, 1.807) is 4.90 Å². The van der Waals surface area contributed by atoms with E-state index in [9.17, 15) is 9.59 Å². The lowest BCUT2D eigenvalue weighted by atomic mass is 10.0. The van der Waals surface area contributed by atoms with Crippen LogP contribution in [0.5, 0.6) is 0 Å². The average Bonchev–Trinajstić information content (AvgIpc) is 2.41. The second-order valence-electron chi connectivity index (χ2n) is 7.57. The fourth-order valence-electron chi connectivity index (χ4n) is 2.59. The highest BCUT2D eigenvalue weighted by atomic mass is 16.6. The second-order valence-corrected chi connectivity index (χ2v) is 7.57. The summed E-state index contributed by atoms with van der Waals surface area (Å²) in [7, 11) is 0. The predicted molar refractivity (Wildman–Crippen MR) is 97.2 cm³/mol. The first-order valence-corrected chi connectivity index (χ1v) is 8.67. The molecule has 1 aromatic rings. The molecule has 0 heterocycles. The highest BCUT2D eigenvalue weighted by Crippen LogP contribution is 2.16. The summed E-state index contributed by atoms with van der Waals surface area (Å²) in [6, 6.07) is 5.84. The molecule has 0 atom stereocenters. The van der Waals surface area contributed by atoms with Crippen molar-refractivity contribution in [3.8, 4) is 0 Å². The molecule has 0 aromatic heterocycles. The normalized spacial score (nSPS) is 11.5. The molecule has 0 saturated carbocycles. The zero-order chi connectivity index (χ0) is 18.5. The Balaban J connectivity index is 3.00. The van der Waals surface area contributed by atoms with Gasteiger partial charge in [-0.05, 0) is 65.7 Å². The van der Waals surface area contributed by atoms with Crippen molar-refractivity contribution in [3.63, 3.8) is 0 Å². The van der Waals surface area contributed by atoms with E-state index in [1.165, 1.54) is 0 Å². The van der Waals surface area contributed by atoms with Gasteiger partial charge in [0.1, 0.15) is 12.1 Å². The molecule has 0 aliphatic carbocycles. The molecule has 1 rings (SSSR count). The first-order valence-electron chi connectivity index (χ1n) is 8.67. The molecule has 24 heavy (non-hydrogen) atoms. The molecule has 0 N–H and O–H groups in total. The highest BCUT2D eigenvalue weighted by molar-refractivity contribution is 5.96. The van der Waals surface area contributed by atoms with Crippen LogP contribution in [0.2, 0.25) is 0 Å². The monoisotopic (exact) mass is 333 g/mol. The number of aryl methyl sites for hydroxylation is 2. The summed E-state index contributed by atoms with van der Waals surface area (Å²) in [6.07, 6.45) is 1.97. The SMILES string of the molecule is CCCc1cc(C)cc(C(=O)N(CC(=O)OC(C)(C)C)C(C)C)c1. The third-order valence-electron chi connectivity index (χ3n) is 3.53. The largest absolute Gasteiger partial charge is 0.459 e. The Bertz CT molecular complexity index is 585. The first kappa shape index (κ1) is 20.2. The van der Waals surface area contributed by atoms with Crippen LogP contribution < -0.4 is 0 Å². The third-order valence-corrected chi connectivity index (χ3v) is 3.53. The van der Waals surface area contributed by atoms with Gasteiger partial charge in [-0.25, -0.2) is 0 Å². The summed E-state index contributed by atoms with van der Waals surface area (Å²) >= 11 is 0. The topological polar surface area (TPSA) is 46.6 Å². The summed E-state index contributed by atoms with van der Waals surface area (Å²) in [5.74, 6) is -0.511. The van der Waals surface area contributed by atoms with Crippen molar-refractivity contribution in [2.24, 2.45) is 0 Å². The lowest BCUT2D eigenvalue weighted by molar-refractivity contribution is -0.155. The van der Waals surface area contributed by atoms with Gasteiger partial charge in [0.15, 0.2) is 0 Å². The average molecular weight is 333 g/mol. The molecule has 134 valence electrons. The quantitative estimate of drug-likeness (QED) is 0.735. The van der Waals surface area contributed by atoms with Gasteiger partial charge in [0, 0.05) is 11.6 Å². The van der Waals surface area contributed by atoms with Crippen molar-refractivity contribution in [1.82, 2.24) is 4.90 Å². The van der Waals surface area contributed by atoms with Gasteiger partial charge < -0.3 is 9.64 Å². The molecule has 0 saturated heterocycles. The van der Waals surface area contributed by atoms with Crippen molar-refractivity contribution in [3.05, 3.63) is 34.9 Å². The van der Waals surface area contributed by atoms with Crippen LogP contribution >= 0.6 is 0 Å². The third kappa shape index (κ3) is 6.34. The van der Waals surface area contributed by atoms with E-state index in [0.717, 1.165) is 24.0 Å². The summed E-state index contributed by atoms with van der Waals surface area (Å²) in [5.41, 5.74) is 2.29. The van der Waals surface area contributed by atoms with Gasteiger partial charge in [-0.15, -0.1) is 0 Å². The molecule has 4 nitrogen and oxygen atoms in total. The van der Waals surface area contributed by atoms with Gasteiger partial charge >= 0.3 is 5.97 Å². The Labute approximate surface area is 146 Å². The van der Waals surface area contributed by atoms with Crippen LogP contribution in [-0.2, 0) is 16.0 Å². The van der Waals surface area contributed by atoms with Gasteiger partial charge in [-0.3, -0.25) is 9.59 Å². The number of amides is 1. The van der Waals surface area contributed by atoms with Crippen LogP contribution in [0.1, 0.15) is 69.4 Å². The van der Waals surface area contributed by atoms with Crippen LogP contribution in [0.15, 0.2) is 18.2 Å². The molecule has 0 spiro atoms. The zero-order valence-electron chi connectivity index (χ0n) is 16.1. The minimum atomic E-state index is -0.555. The fraction of sp³-hybridized carbons (Fsp3) is 0.600. The van der Waals surface area contributed by atoms with E-state index < -0.39 is 5.60 Å². The summed E-state index contributed by atoms with van der Waals surface area (Å²) in [4.78, 5) is 26.6. The van der Waals surface area contributed by atoms with Gasteiger partial charge in [0.05, 0.1) is 0 Å². The Kier molecular flexibility index (Phi) is 7.00. The molecule has 0 aliphatic heterocycles. The van der Waals surface area contributed by atoms with Gasteiger partial charge in [-0.2, -0.15) is 0 Å². The van der Waals surface area contributed by atoms with Crippen LogP contribution in [0, 0.1) is 6.92 Å². The van der Waals surface area contributed by atoms with Crippen molar-refractivity contribution in [2.75, 3.05) is 6.54 Å². The van der Waals surface area contributed by atoms with Crippen LogP contribution in [0.4, 0.5) is 0 Å². The van der Waals surface area contributed by atoms with Crippen molar-refractivity contribution in [2.45, 2.75) is 73.0 Å². The molecular formula is C20H31NO3. The molecule has 0 aliphatic rings. The Hall–Kier alpha value is -1.84. The Morgan fingerprint density at radius 2 is 1.79 bits per heavy atom. The maximum absolute atomic E-state index is 12.9. The minimum absolute atomic E-state index is 0.0369. The number of ether oxygens (including phenoxy) is 1. The van der Waals surface area contributed by atoms with Gasteiger partial charge in [0.2, 0.25) is 0 Å². The molecular weight excluding hydrogens is 302 g/mol. The summed E-state index contributed by atoms with van der Waals surface area (Å²) < 4.78 is 5.36. The van der Waals surface area contributed by atoms with E-state index in [4.69, 9.17) is 4.74 Å². The van der Waals surface area contributed by atoms with Crippen LogP contribution in [-0.4, -0.2) is 35.0 Å². The van der Waals surface area contributed by atoms with E-state index in [1.807, 2.05) is 53.7 Å². The second kappa shape index (κ2) is 8.32. The lowest BCUT2D eigenvalue weighted by Gasteiger charge is -2.28. The predicted octanol–water partition coefficient (Wildman–Crippen LogP) is 4.14. The Morgan fingerprint density at radius 1 is 1.17 bits per heavy atom. The number of carbonyl (C=O) groups is 2.